The van der Waals surface area contributed by atoms with Crippen LogP contribution >= 0.6 is 0 Å². The van der Waals surface area contributed by atoms with Crippen molar-refractivity contribution >= 4 is 0 Å². The van der Waals surface area contributed by atoms with Crippen molar-refractivity contribution in [3.63, 3.8) is 0 Å². The van der Waals surface area contributed by atoms with Crippen molar-refractivity contribution in [3.8, 4) is 0 Å². The Morgan fingerprint density at radius 2 is 2.12 bits per heavy atom. The minimum atomic E-state index is -0.460. The molecule has 0 bridgehead atoms. The molecule has 0 spiro atoms. The highest BCUT2D eigenvalue weighted by atomic mass is 19.1. The van der Waals surface area contributed by atoms with Gasteiger partial charge in [0.25, 0.3) is 5.56 Å². The third-order valence-electron chi connectivity index (χ3n) is 3.23. The molecule has 0 saturated heterocycles. The van der Waals surface area contributed by atoms with Crippen LogP contribution in [0.4, 0.5) is 4.39 Å². The maximum absolute atomic E-state index is 12.8. The zero-order valence-corrected chi connectivity index (χ0v) is 9.29. The Morgan fingerprint density at radius 3 is 2.75 bits per heavy atom. The first kappa shape index (κ1) is 11.1. The van der Waals surface area contributed by atoms with Gasteiger partial charge in [0.15, 0.2) is 0 Å². The fourth-order valence-corrected chi connectivity index (χ4v) is 2.18. The van der Waals surface area contributed by atoms with Crippen LogP contribution in [0.15, 0.2) is 35.3 Å². The first-order chi connectivity index (χ1) is 7.65. The van der Waals surface area contributed by atoms with E-state index in [1.807, 2.05) is 0 Å². The predicted molar refractivity (Wildman–Crippen MR) is 61.8 cm³/mol. The second-order valence-corrected chi connectivity index (χ2v) is 4.53. The summed E-state index contributed by atoms with van der Waals surface area (Å²) in [5, 5.41) is 0. The van der Waals surface area contributed by atoms with Crippen LogP contribution in [0.5, 0.6) is 0 Å². The van der Waals surface area contributed by atoms with E-state index in [9.17, 15) is 9.18 Å². The molecule has 0 aromatic carbocycles. The molecule has 0 aliphatic heterocycles. The van der Waals surface area contributed by atoms with E-state index in [0.29, 0.717) is 12.5 Å². The summed E-state index contributed by atoms with van der Waals surface area (Å²) < 4.78 is 14.4. The average Bonchev–Trinajstić information content (AvgIpc) is 2.25. The lowest BCUT2D eigenvalue weighted by Gasteiger charge is -2.23. The molecule has 2 nitrogen and oxygen atoms in total. The van der Waals surface area contributed by atoms with E-state index in [2.05, 4.69) is 6.58 Å². The number of hydrogen-bond acceptors (Lipinski definition) is 1. The molecule has 0 unspecified atom stereocenters. The van der Waals surface area contributed by atoms with Crippen molar-refractivity contribution in [2.45, 2.75) is 32.2 Å². The molecular weight excluding hydrogens is 205 g/mol. The molecule has 1 aliphatic rings. The summed E-state index contributed by atoms with van der Waals surface area (Å²) in [5.41, 5.74) is 1.06. The number of pyridine rings is 1. The van der Waals surface area contributed by atoms with Crippen LogP contribution in [-0.2, 0) is 6.54 Å². The first-order valence-electron chi connectivity index (χ1n) is 5.68. The van der Waals surface area contributed by atoms with E-state index < -0.39 is 5.82 Å². The van der Waals surface area contributed by atoms with Crippen LogP contribution in [0.2, 0.25) is 0 Å². The molecule has 16 heavy (non-hydrogen) atoms. The van der Waals surface area contributed by atoms with Gasteiger partial charge in [0, 0.05) is 18.8 Å². The summed E-state index contributed by atoms with van der Waals surface area (Å²) in [6, 6.07) is 2.38. The Morgan fingerprint density at radius 1 is 1.44 bits per heavy atom. The number of halogens is 1. The molecule has 1 aromatic heterocycles. The molecule has 0 N–H and O–H groups in total. The highest BCUT2D eigenvalue weighted by Crippen LogP contribution is 2.27. The Hall–Kier alpha value is -1.38. The maximum Gasteiger partial charge on any atom is 0.253 e. The van der Waals surface area contributed by atoms with Gasteiger partial charge in [0.1, 0.15) is 5.82 Å². The molecule has 2 rings (SSSR count). The molecule has 0 amide bonds. The van der Waals surface area contributed by atoms with E-state index in [0.717, 1.165) is 31.7 Å². The Bertz CT molecular complexity index is 439. The van der Waals surface area contributed by atoms with Crippen molar-refractivity contribution in [1.82, 2.24) is 4.57 Å². The summed E-state index contributed by atoms with van der Waals surface area (Å²) in [7, 11) is 0. The quantitative estimate of drug-likeness (QED) is 0.704. The average molecular weight is 221 g/mol. The van der Waals surface area contributed by atoms with Crippen molar-refractivity contribution in [1.29, 1.82) is 0 Å². The lowest BCUT2D eigenvalue weighted by Crippen LogP contribution is -2.24. The van der Waals surface area contributed by atoms with Gasteiger partial charge in [-0.2, -0.15) is 0 Å². The topological polar surface area (TPSA) is 22.0 Å². The Balaban J connectivity index is 2.04. The smallest absolute Gasteiger partial charge is 0.253 e. The van der Waals surface area contributed by atoms with Gasteiger partial charge in [0.2, 0.25) is 0 Å². The number of rotatable bonds is 2. The van der Waals surface area contributed by atoms with Crippen LogP contribution in [0.25, 0.3) is 0 Å². The molecule has 1 heterocycles. The van der Waals surface area contributed by atoms with Crippen LogP contribution in [-0.4, -0.2) is 4.57 Å². The van der Waals surface area contributed by atoms with Gasteiger partial charge in [-0.1, -0.05) is 12.2 Å². The third kappa shape index (κ3) is 2.60. The first-order valence-corrected chi connectivity index (χ1v) is 5.68. The lowest BCUT2D eigenvalue weighted by atomic mass is 9.86. The lowest BCUT2D eigenvalue weighted by molar-refractivity contribution is 0.353. The Kier molecular flexibility index (Phi) is 3.22. The van der Waals surface area contributed by atoms with E-state index in [1.165, 1.54) is 11.6 Å². The van der Waals surface area contributed by atoms with E-state index in [-0.39, 0.29) is 5.56 Å². The van der Waals surface area contributed by atoms with E-state index in [1.54, 1.807) is 10.8 Å². The number of nitrogens with zero attached hydrogens (tertiary/aromatic N) is 1. The van der Waals surface area contributed by atoms with Crippen molar-refractivity contribution in [2.75, 3.05) is 0 Å². The standard InChI is InChI=1S/C13H16FNO/c1-10-2-4-11(5-3-10)9-15-7-6-12(14)8-13(15)16/h6-8,11H,1-5,9H2. The van der Waals surface area contributed by atoms with E-state index >= 15 is 0 Å². The van der Waals surface area contributed by atoms with Crippen molar-refractivity contribution in [2.24, 2.45) is 5.92 Å². The van der Waals surface area contributed by atoms with E-state index in [4.69, 9.17) is 0 Å². The van der Waals surface area contributed by atoms with Gasteiger partial charge in [0.05, 0.1) is 0 Å². The van der Waals surface area contributed by atoms with Crippen molar-refractivity contribution < 1.29 is 4.39 Å². The van der Waals surface area contributed by atoms with Gasteiger partial charge in [-0.3, -0.25) is 4.79 Å². The Labute approximate surface area is 94.4 Å². The van der Waals surface area contributed by atoms with Crippen LogP contribution < -0.4 is 5.56 Å². The molecule has 0 atom stereocenters. The highest BCUT2D eigenvalue weighted by molar-refractivity contribution is 5.00. The fraction of sp³-hybridized carbons (Fsp3) is 0.462. The van der Waals surface area contributed by atoms with Crippen LogP contribution in [0.3, 0.4) is 0 Å². The SMILES string of the molecule is C=C1CCC(Cn2ccc(F)cc2=O)CC1. The number of aromatic nitrogens is 1. The molecule has 86 valence electrons. The van der Waals surface area contributed by atoms with Gasteiger partial charge in [-0.05, 0) is 37.7 Å². The monoisotopic (exact) mass is 221 g/mol. The van der Waals surface area contributed by atoms with Gasteiger partial charge >= 0.3 is 0 Å². The summed E-state index contributed by atoms with van der Waals surface area (Å²) >= 11 is 0. The summed E-state index contributed by atoms with van der Waals surface area (Å²) in [6.45, 7) is 4.67. The second-order valence-electron chi connectivity index (χ2n) is 4.53. The third-order valence-corrected chi connectivity index (χ3v) is 3.23. The van der Waals surface area contributed by atoms with Crippen molar-refractivity contribution in [3.05, 3.63) is 46.7 Å². The van der Waals surface area contributed by atoms with Crippen LogP contribution in [0, 0.1) is 11.7 Å². The summed E-state index contributed by atoms with van der Waals surface area (Å²) in [4.78, 5) is 11.5. The largest absolute Gasteiger partial charge is 0.315 e. The summed E-state index contributed by atoms with van der Waals surface area (Å²) in [5.74, 6) is 0.0620. The molecule has 1 saturated carbocycles. The van der Waals surface area contributed by atoms with Crippen LogP contribution in [0.1, 0.15) is 25.7 Å². The minimum Gasteiger partial charge on any atom is -0.315 e. The fourth-order valence-electron chi connectivity index (χ4n) is 2.18. The van der Waals surface area contributed by atoms with Gasteiger partial charge in [-0.25, -0.2) is 4.39 Å². The zero-order valence-electron chi connectivity index (χ0n) is 9.29. The molecule has 3 heteroatoms. The molecule has 1 aliphatic carbocycles. The molecular formula is C13H16FNO. The van der Waals surface area contributed by atoms with Gasteiger partial charge < -0.3 is 4.57 Å². The minimum absolute atomic E-state index is 0.246. The highest BCUT2D eigenvalue weighted by Gasteiger charge is 2.16. The maximum atomic E-state index is 12.8. The predicted octanol–water partition coefficient (Wildman–Crippen LogP) is 2.73. The molecule has 0 radical (unpaired) electrons. The normalized spacial score (nSPS) is 17.7. The zero-order chi connectivity index (χ0) is 11.5. The molecule has 1 aromatic rings. The summed E-state index contributed by atoms with van der Waals surface area (Å²) in [6.07, 6.45) is 5.83. The number of hydrogen-bond donors (Lipinski definition) is 0. The van der Waals surface area contributed by atoms with Gasteiger partial charge in [-0.15, -0.1) is 0 Å². The number of allylic oxidation sites excluding steroid dienone is 1. The second kappa shape index (κ2) is 4.64. The molecule has 1 fully saturated rings.